The lowest BCUT2D eigenvalue weighted by Crippen LogP contribution is -2.28. The normalized spacial score (nSPS) is 13.6. The fourth-order valence-electron chi connectivity index (χ4n) is 2.60. The molecule has 1 N–H and O–H groups in total. The zero-order valence-corrected chi connectivity index (χ0v) is 15.9. The van der Waals surface area contributed by atoms with Crippen LogP contribution in [0.4, 0.5) is 11.4 Å². The summed E-state index contributed by atoms with van der Waals surface area (Å²) in [6, 6.07) is 10.4. The third-order valence-electron chi connectivity index (χ3n) is 3.95. The van der Waals surface area contributed by atoms with E-state index in [2.05, 4.69) is 5.32 Å². The average Bonchev–Trinajstić information content (AvgIpc) is 3.00. The van der Waals surface area contributed by atoms with Crippen LogP contribution < -0.4 is 10.2 Å². The molecular weight excluding hydrogens is 407 g/mol. The number of carbonyl (C=O) groups is 4. The maximum atomic E-state index is 12.1. The highest BCUT2D eigenvalue weighted by Gasteiger charge is 2.30. The highest BCUT2D eigenvalue weighted by Crippen LogP contribution is 2.25. The number of amides is 3. The van der Waals surface area contributed by atoms with Gasteiger partial charge in [-0.2, -0.15) is 0 Å². The fourth-order valence-corrected chi connectivity index (χ4v) is 3.06. The van der Waals surface area contributed by atoms with Crippen LogP contribution in [-0.4, -0.2) is 30.3 Å². The van der Waals surface area contributed by atoms with Gasteiger partial charge in [0.05, 0.1) is 22.0 Å². The Bertz CT molecular complexity index is 943. The van der Waals surface area contributed by atoms with Crippen LogP contribution in [0.3, 0.4) is 0 Å². The zero-order chi connectivity index (χ0) is 20.3. The number of imide groups is 1. The Kier molecular flexibility index (Phi) is 5.96. The van der Waals surface area contributed by atoms with Gasteiger partial charge in [-0.05, 0) is 42.5 Å². The lowest BCUT2D eigenvalue weighted by atomic mass is 10.2. The second kappa shape index (κ2) is 8.41. The van der Waals surface area contributed by atoms with Crippen molar-refractivity contribution >= 4 is 58.3 Å². The lowest BCUT2D eigenvalue weighted by molar-refractivity contribution is -0.121. The first-order valence-corrected chi connectivity index (χ1v) is 8.98. The van der Waals surface area contributed by atoms with Gasteiger partial charge in [0.25, 0.3) is 5.91 Å². The molecule has 0 aromatic heterocycles. The number of anilines is 2. The smallest absolute Gasteiger partial charge is 0.338 e. The number of hydrogen-bond acceptors (Lipinski definition) is 5. The van der Waals surface area contributed by atoms with Crippen LogP contribution in [0.1, 0.15) is 23.2 Å². The van der Waals surface area contributed by atoms with Gasteiger partial charge in [0.1, 0.15) is 0 Å². The maximum absolute atomic E-state index is 12.1. The molecule has 28 heavy (non-hydrogen) atoms. The van der Waals surface area contributed by atoms with Crippen molar-refractivity contribution in [2.24, 2.45) is 0 Å². The first-order chi connectivity index (χ1) is 13.3. The van der Waals surface area contributed by atoms with Gasteiger partial charge >= 0.3 is 5.97 Å². The van der Waals surface area contributed by atoms with Crippen LogP contribution in [0.2, 0.25) is 10.0 Å². The predicted octanol–water partition coefficient (Wildman–Crippen LogP) is 3.44. The van der Waals surface area contributed by atoms with Gasteiger partial charge in [0, 0.05) is 17.9 Å². The molecular formula is C19H14Cl2N2O5. The highest BCUT2D eigenvalue weighted by molar-refractivity contribution is 6.36. The number of ether oxygens (including phenoxy) is 1. The van der Waals surface area contributed by atoms with E-state index in [1.165, 1.54) is 36.4 Å². The minimum absolute atomic E-state index is 0.176. The van der Waals surface area contributed by atoms with E-state index in [0.29, 0.717) is 16.4 Å². The van der Waals surface area contributed by atoms with E-state index in [1.54, 1.807) is 6.07 Å². The number of halogens is 2. The molecule has 2 aromatic rings. The van der Waals surface area contributed by atoms with E-state index >= 15 is 0 Å². The standard InChI is InChI=1S/C19H14Cl2N2O5/c20-12-3-6-15(14(21)9-12)22-16(24)10-28-19(27)11-1-4-13(5-2-11)23-17(25)7-8-18(23)26/h1-6,9H,7-8,10H2,(H,22,24). The zero-order valence-electron chi connectivity index (χ0n) is 14.4. The fraction of sp³-hybridized carbons (Fsp3) is 0.158. The Balaban J connectivity index is 1.56. The SMILES string of the molecule is O=C(COC(=O)c1ccc(N2C(=O)CCC2=O)cc1)Nc1ccc(Cl)cc1Cl. The van der Waals surface area contributed by atoms with Gasteiger partial charge in [0.15, 0.2) is 6.61 Å². The highest BCUT2D eigenvalue weighted by atomic mass is 35.5. The van der Waals surface area contributed by atoms with E-state index in [9.17, 15) is 19.2 Å². The molecule has 2 aromatic carbocycles. The van der Waals surface area contributed by atoms with Crippen molar-refractivity contribution in [3.63, 3.8) is 0 Å². The van der Waals surface area contributed by atoms with Crippen LogP contribution in [0.15, 0.2) is 42.5 Å². The first kappa shape index (κ1) is 19.9. The monoisotopic (exact) mass is 420 g/mol. The molecule has 1 aliphatic rings. The molecule has 0 aliphatic carbocycles. The minimum Gasteiger partial charge on any atom is -0.452 e. The Hall–Kier alpha value is -2.90. The maximum Gasteiger partial charge on any atom is 0.338 e. The van der Waals surface area contributed by atoms with Crippen LogP contribution >= 0.6 is 23.2 Å². The van der Waals surface area contributed by atoms with Gasteiger partial charge in [-0.25, -0.2) is 4.79 Å². The van der Waals surface area contributed by atoms with Crippen molar-refractivity contribution in [1.82, 2.24) is 0 Å². The molecule has 1 aliphatic heterocycles. The second-order valence-corrected chi connectivity index (χ2v) is 6.76. The molecule has 144 valence electrons. The van der Waals surface area contributed by atoms with Crippen molar-refractivity contribution in [2.75, 3.05) is 16.8 Å². The van der Waals surface area contributed by atoms with Crippen LogP contribution in [0.5, 0.6) is 0 Å². The van der Waals surface area contributed by atoms with E-state index in [-0.39, 0.29) is 35.2 Å². The van der Waals surface area contributed by atoms with E-state index in [0.717, 1.165) is 4.90 Å². The van der Waals surface area contributed by atoms with Crippen LogP contribution in [0, 0.1) is 0 Å². The number of nitrogens with one attached hydrogen (secondary N) is 1. The molecule has 3 amide bonds. The van der Waals surface area contributed by atoms with E-state index in [4.69, 9.17) is 27.9 Å². The summed E-state index contributed by atoms with van der Waals surface area (Å²) < 4.78 is 4.97. The summed E-state index contributed by atoms with van der Waals surface area (Å²) in [5, 5.41) is 3.20. The van der Waals surface area contributed by atoms with Gasteiger partial charge in [-0.1, -0.05) is 23.2 Å². The number of rotatable bonds is 5. The second-order valence-electron chi connectivity index (χ2n) is 5.92. The summed E-state index contributed by atoms with van der Waals surface area (Å²) in [5.74, 6) is -1.85. The lowest BCUT2D eigenvalue weighted by Gasteiger charge is -2.14. The Morgan fingerprint density at radius 1 is 1.00 bits per heavy atom. The van der Waals surface area contributed by atoms with Gasteiger partial charge in [-0.3, -0.25) is 19.3 Å². The van der Waals surface area contributed by atoms with Gasteiger partial charge in [-0.15, -0.1) is 0 Å². The molecule has 0 unspecified atom stereocenters. The summed E-state index contributed by atoms with van der Waals surface area (Å²) >= 11 is 11.7. The van der Waals surface area contributed by atoms with Crippen molar-refractivity contribution < 1.29 is 23.9 Å². The molecule has 9 heteroatoms. The quantitative estimate of drug-likeness (QED) is 0.590. The molecule has 0 saturated carbocycles. The first-order valence-electron chi connectivity index (χ1n) is 8.23. The molecule has 0 atom stereocenters. The molecule has 1 saturated heterocycles. The Morgan fingerprint density at radius 2 is 1.64 bits per heavy atom. The average molecular weight is 421 g/mol. The number of nitrogens with zero attached hydrogens (tertiary/aromatic N) is 1. The van der Waals surface area contributed by atoms with Crippen LogP contribution in [0.25, 0.3) is 0 Å². The largest absolute Gasteiger partial charge is 0.452 e. The molecule has 3 rings (SSSR count). The molecule has 0 bridgehead atoms. The number of hydrogen-bond donors (Lipinski definition) is 1. The van der Waals surface area contributed by atoms with Crippen LogP contribution in [-0.2, 0) is 19.1 Å². The van der Waals surface area contributed by atoms with Crippen molar-refractivity contribution in [3.8, 4) is 0 Å². The summed E-state index contributed by atoms with van der Waals surface area (Å²) in [6.45, 7) is -0.511. The van der Waals surface area contributed by atoms with E-state index < -0.39 is 18.5 Å². The van der Waals surface area contributed by atoms with Crippen molar-refractivity contribution in [2.45, 2.75) is 12.8 Å². The van der Waals surface area contributed by atoms with Crippen molar-refractivity contribution in [3.05, 3.63) is 58.1 Å². The third kappa shape index (κ3) is 4.49. The number of esters is 1. The van der Waals surface area contributed by atoms with Gasteiger partial charge in [0.2, 0.25) is 11.8 Å². The third-order valence-corrected chi connectivity index (χ3v) is 4.50. The minimum atomic E-state index is -0.719. The topological polar surface area (TPSA) is 92.8 Å². The molecule has 1 heterocycles. The Morgan fingerprint density at radius 3 is 2.25 bits per heavy atom. The molecule has 1 fully saturated rings. The summed E-state index contributed by atoms with van der Waals surface area (Å²) in [7, 11) is 0. The Labute approximate surface area is 170 Å². The van der Waals surface area contributed by atoms with Gasteiger partial charge < -0.3 is 10.1 Å². The summed E-state index contributed by atoms with van der Waals surface area (Å²) in [5.41, 5.74) is 0.913. The predicted molar refractivity (Wildman–Crippen MR) is 104 cm³/mol. The summed E-state index contributed by atoms with van der Waals surface area (Å²) in [4.78, 5) is 48.5. The number of carbonyl (C=O) groups excluding carboxylic acids is 4. The molecule has 0 spiro atoms. The van der Waals surface area contributed by atoms with Crippen molar-refractivity contribution in [1.29, 1.82) is 0 Å². The number of benzene rings is 2. The molecule has 7 nitrogen and oxygen atoms in total. The van der Waals surface area contributed by atoms with E-state index in [1.807, 2.05) is 0 Å². The summed E-state index contributed by atoms with van der Waals surface area (Å²) in [6.07, 6.45) is 0.352. The molecule has 0 radical (unpaired) electrons.